The molecule has 84 valence electrons. The Morgan fingerprint density at radius 2 is 1.59 bits per heavy atom. The molecule has 3 heteroatoms. The molecule has 0 aliphatic heterocycles. The summed E-state index contributed by atoms with van der Waals surface area (Å²) in [6, 6.07) is 15.7. The molecule has 5 N–H and O–H groups in total. The highest BCUT2D eigenvalue weighted by atomic mass is 14.7. The topological polar surface area (TPSA) is 67.8 Å². The van der Waals surface area contributed by atoms with Crippen molar-refractivity contribution in [2.24, 2.45) is 0 Å². The van der Waals surface area contributed by atoms with E-state index in [2.05, 4.69) is 4.98 Å². The second-order valence-electron chi connectivity index (χ2n) is 4.08. The van der Waals surface area contributed by atoms with Crippen LogP contribution >= 0.6 is 0 Å². The zero-order chi connectivity index (χ0) is 11.8. The molecule has 17 heavy (non-hydrogen) atoms. The van der Waals surface area contributed by atoms with Crippen LogP contribution in [-0.2, 0) is 0 Å². The second-order valence-corrected chi connectivity index (χ2v) is 4.08. The Morgan fingerprint density at radius 1 is 0.824 bits per heavy atom. The molecule has 0 aliphatic carbocycles. The summed E-state index contributed by atoms with van der Waals surface area (Å²) in [6.07, 6.45) is 0. The van der Waals surface area contributed by atoms with Gasteiger partial charge < -0.3 is 16.5 Å². The number of rotatable bonds is 1. The van der Waals surface area contributed by atoms with E-state index in [-0.39, 0.29) is 0 Å². The SMILES string of the molecule is Nc1ccccc1-c1cc2c(N)cccc2[nH]1. The van der Waals surface area contributed by atoms with Crippen molar-refractivity contribution in [1.29, 1.82) is 0 Å². The molecular formula is C14H13N3. The normalized spacial score (nSPS) is 10.8. The van der Waals surface area contributed by atoms with E-state index in [0.29, 0.717) is 0 Å². The first-order chi connectivity index (χ1) is 8.25. The zero-order valence-electron chi connectivity index (χ0n) is 9.27. The maximum absolute atomic E-state index is 5.96. The fourth-order valence-electron chi connectivity index (χ4n) is 2.07. The minimum atomic E-state index is 0.762. The number of nitrogen functional groups attached to an aromatic ring is 2. The number of aromatic amines is 1. The highest BCUT2D eigenvalue weighted by molar-refractivity contribution is 5.95. The number of para-hydroxylation sites is 1. The van der Waals surface area contributed by atoms with Crippen molar-refractivity contribution in [2.75, 3.05) is 11.5 Å². The average Bonchev–Trinajstić information content (AvgIpc) is 2.75. The van der Waals surface area contributed by atoms with Crippen molar-refractivity contribution in [3.05, 3.63) is 48.5 Å². The van der Waals surface area contributed by atoms with Crippen LogP contribution in [0.15, 0.2) is 48.5 Å². The molecule has 3 aromatic rings. The maximum atomic E-state index is 5.96. The van der Waals surface area contributed by atoms with E-state index in [0.717, 1.165) is 33.5 Å². The number of aromatic nitrogens is 1. The van der Waals surface area contributed by atoms with Crippen LogP contribution in [0.4, 0.5) is 11.4 Å². The Balaban J connectivity index is 2.26. The van der Waals surface area contributed by atoms with Gasteiger partial charge in [0.2, 0.25) is 0 Å². The lowest BCUT2D eigenvalue weighted by Crippen LogP contribution is -1.88. The van der Waals surface area contributed by atoms with Gasteiger partial charge in [0.25, 0.3) is 0 Å². The Kier molecular flexibility index (Phi) is 2.05. The first kappa shape index (κ1) is 9.78. The smallest absolute Gasteiger partial charge is 0.0486 e. The van der Waals surface area contributed by atoms with Crippen molar-refractivity contribution in [3.8, 4) is 11.3 Å². The molecule has 0 aliphatic rings. The molecule has 0 unspecified atom stereocenters. The molecule has 3 nitrogen and oxygen atoms in total. The van der Waals surface area contributed by atoms with E-state index in [9.17, 15) is 0 Å². The fourth-order valence-corrected chi connectivity index (χ4v) is 2.07. The quantitative estimate of drug-likeness (QED) is 0.555. The molecule has 1 heterocycles. The van der Waals surface area contributed by atoms with E-state index in [1.807, 2.05) is 48.5 Å². The van der Waals surface area contributed by atoms with Crippen LogP contribution < -0.4 is 11.5 Å². The molecule has 0 bridgehead atoms. The number of nitrogens with one attached hydrogen (secondary N) is 1. The van der Waals surface area contributed by atoms with Crippen LogP contribution in [-0.4, -0.2) is 4.98 Å². The fraction of sp³-hybridized carbons (Fsp3) is 0. The van der Waals surface area contributed by atoms with E-state index in [1.54, 1.807) is 0 Å². The molecule has 2 aromatic carbocycles. The van der Waals surface area contributed by atoms with Crippen LogP contribution in [0.2, 0.25) is 0 Å². The summed E-state index contributed by atoms with van der Waals surface area (Å²) in [5.41, 5.74) is 16.5. The molecule has 0 saturated heterocycles. The Labute approximate surface area is 99.1 Å². The van der Waals surface area contributed by atoms with E-state index in [1.165, 1.54) is 0 Å². The number of hydrogen-bond donors (Lipinski definition) is 3. The van der Waals surface area contributed by atoms with Crippen molar-refractivity contribution < 1.29 is 0 Å². The standard InChI is InChI=1S/C14H13N3/c15-11-5-2-1-4-9(11)14-8-10-12(16)6-3-7-13(10)17-14/h1-8,17H,15-16H2. The monoisotopic (exact) mass is 223 g/mol. The van der Waals surface area contributed by atoms with Gasteiger partial charge in [-0.25, -0.2) is 0 Å². The lowest BCUT2D eigenvalue weighted by molar-refractivity contribution is 1.45. The molecule has 0 spiro atoms. The van der Waals surface area contributed by atoms with E-state index in [4.69, 9.17) is 11.5 Å². The van der Waals surface area contributed by atoms with Crippen LogP contribution in [0.3, 0.4) is 0 Å². The minimum absolute atomic E-state index is 0.762. The maximum Gasteiger partial charge on any atom is 0.0486 e. The molecule has 3 rings (SSSR count). The lowest BCUT2D eigenvalue weighted by Gasteiger charge is -2.01. The Morgan fingerprint density at radius 3 is 2.35 bits per heavy atom. The minimum Gasteiger partial charge on any atom is -0.398 e. The van der Waals surface area contributed by atoms with Crippen molar-refractivity contribution >= 4 is 22.3 Å². The van der Waals surface area contributed by atoms with Gasteiger partial charge in [-0.2, -0.15) is 0 Å². The third-order valence-corrected chi connectivity index (χ3v) is 2.95. The molecular weight excluding hydrogens is 210 g/mol. The van der Waals surface area contributed by atoms with Gasteiger partial charge in [0, 0.05) is 33.5 Å². The van der Waals surface area contributed by atoms with Gasteiger partial charge in [0.05, 0.1) is 0 Å². The van der Waals surface area contributed by atoms with Gasteiger partial charge in [-0.15, -0.1) is 0 Å². The number of anilines is 2. The number of nitrogens with two attached hydrogens (primary N) is 2. The van der Waals surface area contributed by atoms with E-state index >= 15 is 0 Å². The summed E-state index contributed by atoms with van der Waals surface area (Å²) < 4.78 is 0. The van der Waals surface area contributed by atoms with Crippen LogP contribution in [0, 0.1) is 0 Å². The summed E-state index contributed by atoms with van der Waals surface area (Å²) in [6.45, 7) is 0. The molecule has 0 fully saturated rings. The van der Waals surface area contributed by atoms with E-state index < -0.39 is 0 Å². The van der Waals surface area contributed by atoms with Crippen molar-refractivity contribution in [3.63, 3.8) is 0 Å². The second kappa shape index (κ2) is 3.56. The number of H-pyrrole nitrogens is 1. The van der Waals surface area contributed by atoms with Crippen molar-refractivity contribution in [2.45, 2.75) is 0 Å². The summed E-state index contributed by atoms with van der Waals surface area (Å²) in [7, 11) is 0. The lowest BCUT2D eigenvalue weighted by atomic mass is 10.1. The molecule has 1 aromatic heterocycles. The third-order valence-electron chi connectivity index (χ3n) is 2.95. The zero-order valence-corrected chi connectivity index (χ0v) is 9.27. The van der Waals surface area contributed by atoms with Gasteiger partial charge in [-0.3, -0.25) is 0 Å². The van der Waals surface area contributed by atoms with Gasteiger partial charge in [0.1, 0.15) is 0 Å². The first-order valence-electron chi connectivity index (χ1n) is 5.48. The van der Waals surface area contributed by atoms with Crippen LogP contribution in [0.5, 0.6) is 0 Å². The first-order valence-corrected chi connectivity index (χ1v) is 5.48. The number of fused-ring (bicyclic) bond motifs is 1. The molecule has 0 saturated carbocycles. The highest BCUT2D eigenvalue weighted by Crippen LogP contribution is 2.30. The molecule has 0 atom stereocenters. The van der Waals surface area contributed by atoms with Crippen molar-refractivity contribution in [1.82, 2.24) is 4.98 Å². The van der Waals surface area contributed by atoms with Gasteiger partial charge in [0.15, 0.2) is 0 Å². The number of hydrogen-bond acceptors (Lipinski definition) is 2. The van der Waals surface area contributed by atoms with Gasteiger partial charge in [-0.05, 0) is 24.3 Å². The van der Waals surface area contributed by atoms with Gasteiger partial charge >= 0.3 is 0 Å². The average molecular weight is 223 g/mol. The number of benzene rings is 2. The summed E-state index contributed by atoms with van der Waals surface area (Å²) in [5.74, 6) is 0. The van der Waals surface area contributed by atoms with Gasteiger partial charge in [-0.1, -0.05) is 24.3 Å². The summed E-state index contributed by atoms with van der Waals surface area (Å²) in [5, 5.41) is 1.03. The predicted molar refractivity (Wildman–Crippen MR) is 72.6 cm³/mol. The molecule has 0 radical (unpaired) electrons. The predicted octanol–water partition coefficient (Wildman–Crippen LogP) is 3.00. The Bertz CT molecular complexity index is 683. The summed E-state index contributed by atoms with van der Waals surface area (Å²) >= 11 is 0. The van der Waals surface area contributed by atoms with Crippen LogP contribution in [0.1, 0.15) is 0 Å². The summed E-state index contributed by atoms with van der Waals surface area (Å²) in [4.78, 5) is 3.33. The Hall–Kier alpha value is -2.42. The highest BCUT2D eigenvalue weighted by Gasteiger charge is 2.07. The third kappa shape index (κ3) is 1.52. The van der Waals surface area contributed by atoms with Crippen LogP contribution in [0.25, 0.3) is 22.2 Å². The largest absolute Gasteiger partial charge is 0.398 e. The molecule has 0 amide bonds.